The average Bonchev–Trinajstić information content (AvgIpc) is 3.28. The number of carbonyl (C=O) groups excluding carboxylic acids is 1. The highest BCUT2D eigenvalue weighted by Gasteiger charge is 2.32. The predicted molar refractivity (Wildman–Crippen MR) is 107 cm³/mol. The number of non-ortho nitro benzene ring substituents is 1. The van der Waals surface area contributed by atoms with E-state index >= 15 is 0 Å². The number of nitrogens with zero attached hydrogens (tertiary/aromatic N) is 4. The number of likely N-dealkylation sites (tertiary alicyclic amines) is 1. The van der Waals surface area contributed by atoms with E-state index < -0.39 is 4.92 Å². The highest BCUT2D eigenvalue weighted by atomic mass is 16.6. The van der Waals surface area contributed by atoms with Crippen molar-refractivity contribution in [2.45, 2.75) is 25.3 Å². The maximum Gasteiger partial charge on any atom is 0.269 e. The fourth-order valence-corrected chi connectivity index (χ4v) is 3.45. The molecule has 1 fully saturated rings. The van der Waals surface area contributed by atoms with Crippen LogP contribution in [0.3, 0.4) is 0 Å². The Morgan fingerprint density at radius 1 is 1.17 bits per heavy atom. The molecule has 0 spiro atoms. The third-order valence-corrected chi connectivity index (χ3v) is 4.99. The Balaban J connectivity index is 1.47. The number of nitro benzene ring substituents is 1. The van der Waals surface area contributed by atoms with Crippen molar-refractivity contribution in [3.05, 3.63) is 70.6 Å². The molecule has 1 amide bonds. The number of nitro groups is 1. The second kappa shape index (κ2) is 8.73. The summed E-state index contributed by atoms with van der Waals surface area (Å²) in [4.78, 5) is 29.3. The number of piperidine rings is 1. The maximum atomic E-state index is 12.8. The lowest BCUT2D eigenvalue weighted by atomic mass is 10.0. The van der Waals surface area contributed by atoms with Gasteiger partial charge in [-0.25, -0.2) is 0 Å². The van der Waals surface area contributed by atoms with Crippen LogP contribution in [0.15, 0.2) is 59.1 Å². The van der Waals surface area contributed by atoms with Crippen molar-refractivity contribution >= 4 is 11.6 Å². The number of rotatable bonds is 6. The molecule has 4 rings (SSSR count). The van der Waals surface area contributed by atoms with Crippen LogP contribution in [-0.4, -0.2) is 39.0 Å². The van der Waals surface area contributed by atoms with Gasteiger partial charge in [0.25, 0.3) is 11.6 Å². The van der Waals surface area contributed by atoms with Crippen molar-refractivity contribution in [2.24, 2.45) is 0 Å². The molecule has 0 aliphatic carbocycles. The molecule has 154 valence electrons. The van der Waals surface area contributed by atoms with Gasteiger partial charge in [0.05, 0.1) is 4.92 Å². The van der Waals surface area contributed by atoms with E-state index in [1.54, 1.807) is 29.2 Å². The van der Waals surface area contributed by atoms with Crippen LogP contribution < -0.4 is 4.74 Å². The van der Waals surface area contributed by atoms with Crippen molar-refractivity contribution in [2.75, 3.05) is 13.2 Å². The van der Waals surface area contributed by atoms with E-state index in [0.29, 0.717) is 29.6 Å². The van der Waals surface area contributed by atoms with Crippen LogP contribution in [0.5, 0.6) is 5.75 Å². The number of para-hydroxylation sites is 1. The summed E-state index contributed by atoms with van der Waals surface area (Å²) >= 11 is 0. The molecule has 0 saturated carbocycles. The summed E-state index contributed by atoms with van der Waals surface area (Å²) in [6.45, 7) is 0.529. The second-order valence-corrected chi connectivity index (χ2v) is 6.96. The van der Waals surface area contributed by atoms with Crippen molar-refractivity contribution < 1.29 is 19.0 Å². The van der Waals surface area contributed by atoms with Gasteiger partial charge in [-0.05, 0) is 43.5 Å². The first-order valence-corrected chi connectivity index (χ1v) is 9.67. The van der Waals surface area contributed by atoms with Gasteiger partial charge in [0, 0.05) is 24.2 Å². The normalized spacial score (nSPS) is 16.3. The summed E-state index contributed by atoms with van der Waals surface area (Å²) in [5.74, 6) is 1.19. The van der Waals surface area contributed by atoms with Crippen LogP contribution >= 0.6 is 0 Å². The molecule has 2 aromatic carbocycles. The van der Waals surface area contributed by atoms with Gasteiger partial charge in [0.15, 0.2) is 6.61 Å². The summed E-state index contributed by atoms with van der Waals surface area (Å²) in [5, 5.41) is 14.8. The molecule has 2 heterocycles. The summed E-state index contributed by atoms with van der Waals surface area (Å²) in [7, 11) is 0. The Morgan fingerprint density at radius 3 is 2.67 bits per heavy atom. The number of aromatic nitrogens is 2. The molecule has 1 aliphatic rings. The van der Waals surface area contributed by atoms with E-state index in [1.807, 2.05) is 18.2 Å². The van der Waals surface area contributed by atoms with E-state index in [0.717, 1.165) is 19.3 Å². The zero-order valence-corrected chi connectivity index (χ0v) is 16.1. The average molecular weight is 408 g/mol. The lowest BCUT2D eigenvalue weighted by Gasteiger charge is -2.33. The molecule has 1 aromatic heterocycles. The highest BCUT2D eigenvalue weighted by molar-refractivity contribution is 5.78. The summed E-state index contributed by atoms with van der Waals surface area (Å²) in [5.41, 5.74) is 0.599. The fraction of sp³-hybridized carbons (Fsp3) is 0.286. The molecular formula is C21H20N4O5. The number of amides is 1. The van der Waals surface area contributed by atoms with Gasteiger partial charge in [-0.1, -0.05) is 23.4 Å². The maximum absolute atomic E-state index is 12.8. The molecule has 0 bridgehead atoms. The van der Waals surface area contributed by atoms with E-state index in [9.17, 15) is 14.9 Å². The first-order valence-electron chi connectivity index (χ1n) is 9.67. The van der Waals surface area contributed by atoms with Crippen molar-refractivity contribution in [3.63, 3.8) is 0 Å². The zero-order valence-electron chi connectivity index (χ0n) is 16.1. The molecule has 1 saturated heterocycles. The summed E-state index contributed by atoms with van der Waals surface area (Å²) < 4.78 is 11.0. The van der Waals surface area contributed by atoms with Gasteiger partial charge >= 0.3 is 0 Å². The largest absolute Gasteiger partial charge is 0.484 e. The topological polar surface area (TPSA) is 112 Å². The minimum Gasteiger partial charge on any atom is -0.484 e. The van der Waals surface area contributed by atoms with Crippen LogP contribution in [0.25, 0.3) is 11.4 Å². The lowest BCUT2D eigenvalue weighted by Crippen LogP contribution is -2.41. The Hall–Kier alpha value is -3.75. The van der Waals surface area contributed by atoms with Crippen molar-refractivity contribution in [3.8, 4) is 17.1 Å². The van der Waals surface area contributed by atoms with Gasteiger partial charge < -0.3 is 14.2 Å². The summed E-state index contributed by atoms with van der Waals surface area (Å²) in [6, 6.07) is 14.8. The monoisotopic (exact) mass is 408 g/mol. The van der Waals surface area contributed by atoms with E-state index in [4.69, 9.17) is 9.26 Å². The number of hydrogen-bond acceptors (Lipinski definition) is 7. The van der Waals surface area contributed by atoms with E-state index in [2.05, 4.69) is 10.1 Å². The molecule has 1 unspecified atom stereocenters. The molecule has 30 heavy (non-hydrogen) atoms. The SMILES string of the molecule is O=C(COc1ccccc1)N1CCCCC1c1nc(-c2ccc([N+](=O)[O-])cc2)no1. The fourth-order valence-electron chi connectivity index (χ4n) is 3.45. The molecule has 1 atom stereocenters. The Labute approximate surface area is 172 Å². The molecule has 3 aromatic rings. The van der Waals surface area contributed by atoms with Crippen LogP contribution in [0.1, 0.15) is 31.2 Å². The lowest BCUT2D eigenvalue weighted by molar-refractivity contribution is -0.384. The molecule has 1 aliphatic heterocycles. The minimum atomic E-state index is -0.464. The first kappa shape index (κ1) is 19.6. The third kappa shape index (κ3) is 4.29. The standard InChI is InChI=1S/C21H20N4O5/c26-19(14-29-17-6-2-1-3-7-17)24-13-5-4-8-18(24)21-22-20(23-30-21)15-9-11-16(12-10-15)25(27)28/h1-3,6-7,9-12,18H,4-5,8,13-14H2. The third-order valence-electron chi connectivity index (χ3n) is 4.99. The molecule has 0 radical (unpaired) electrons. The second-order valence-electron chi connectivity index (χ2n) is 6.96. The van der Waals surface area contributed by atoms with Gasteiger partial charge in [-0.3, -0.25) is 14.9 Å². The number of hydrogen-bond donors (Lipinski definition) is 0. The Kier molecular flexibility index (Phi) is 5.69. The van der Waals surface area contributed by atoms with E-state index in [-0.39, 0.29) is 24.2 Å². The molecule has 9 heteroatoms. The van der Waals surface area contributed by atoms with Gasteiger partial charge in [0.1, 0.15) is 11.8 Å². The van der Waals surface area contributed by atoms with Crippen LogP contribution in [0.2, 0.25) is 0 Å². The van der Waals surface area contributed by atoms with Crippen molar-refractivity contribution in [1.29, 1.82) is 0 Å². The predicted octanol–water partition coefficient (Wildman–Crippen LogP) is 3.78. The number of ether oxygens (including phenoxy) is 1. The first-order chi connectivity index (χ1) is 14.6. The van der Waals surface area contributed by atoms with Crippen LogP contribution in [-0.2, 0) is 4.79 Å². The molecule has 0 N–H and O–H groups in total. The molecule has 9 nitrogen and oxygen atoms in total. The van der Waals surface area contributed by atoms with Crippen molar-refractivity contribution in [1.82, 2.24) is 15.0 Å². The quantitative estimate of drug-likeness (QED) is 0.451. The van der Waals surface area contributed by atoms with E-state index in [1.165, 1.54) is 12.1 Å². The number of carbonyl (C=O) groups is 1. The van der Waals surface area contributed by atoms with Gasteiger partial charge in [-0.15, -0.1) is 0 Å². The minimum absolute atomic E-state index is 0.00932. The Morgan fingerprint density at radius 2 is 1.93 bits per heavy atom. The van der Waals surface area contributed by atoms with Gasteiger partial charge in [-0.2, -0.15) is 4.98 Å². The Bertz CT molecular complexity index is 1020. The van der Waals surface area contributed by atoms with Crippen LogP contribution in [0, 0.1) is 10.1 Å². The number of benzene rings is 2. The molecular weight excluding hydrogens is 388 g/mol. The highest BCUT2D eigenvalue weighted by Crippen LogP contribution is 2.31. The zero-order chi connectivity index (χ0) is 20.9. The van der Waals surface area contributed by atoms with Gasteiger partial charge in [0.2, 0.25) is 11.7 Å². The smallest absolute Gasteiger partial charge is 0.269 e. The summed E-state index contributed by atoms with van der Waals surface area (Å²) in [6.07, 6.45) is 2.57. The van der Waals surface area contributed by atoms with Crippen LogP contribution in [0.4, 0.5) is 5.69 Å².